The van der Waals surface area contributed by atoms with Gasteiger partial charge in [0.2, 0.25) is 0 Å². The molecule has 0 spiro atoms. The smallest absolute Gasteiger partial charge is 0.143 e. The Labute approximate surface area is 144 Å². The number of para-hydroxylation sites is 1. The number of rotatable bonds is 4. The molecular formula is C18H17N5S. The first-order valence-corrected chi connectivity index (χ1v) is 8.73. The van der Waals surface area contributed by atoms with Gasteiger partial charge in [-0.2, -0.15) is 0 Å². The van der Waals surface area contributed by atoms with E-state index in [4.69, 9.17) is 4.98 Å². The van der Waals surface area contributed by atoms with Crippen LogP contribution in [0.15, 0.2) is 42.0 Å². The van der Waals surface area contributed by atoms with Gasteiger partial charge in [-0.05, 0) is 19.4 Å². The number of thiazole rings is 1. The number of aromatic nitrogens is 5. The fourth-order valence-corrected chi connectivity index (χ4v) is 3.47. The summed E-state index contributed by atoms with van der Waals surface area (Å²) in [5.74, 6) is 1.85. The number of hydrogen-bond donors (Lipinski definition) is 0. The summed E-state index contributed by atoms with van der Waals surface area (Å²) in [7, 11) is 2.03. The van der Waals surface area contributed by atoms with Crippen molar-refractivity contribution < 1.29 is 0 Å². The number of aryl methyl sites for hydroxylation is 4. The number of imidazole rings is 1. The Hall–Kier alpha value is -2.60. The summed E-state index contributed by atoms with van der Waals surface area (Å²) < 4.78 is 2.08. The van der Waals surface area contributed by atoms with Gasteiger partial charge < -0.3 is 4.57 Å². The van der Waals surface area contributed by atoms with E-state index in [1.54, 1.807) is 11.3 Å². The summed E-state index contributed by atoms with van der Waals surface area (Å²) in [5, 5.41) is 4.05. The summed E-state index contributed by atoms with van der Waals surface area (Å²) in [5.41, 5.74) is 3.02. The topological polar surface area (TPSA) is 56.5 Å². The van der Waals surface area contributed by atoms with Gasteiger partial charge in [0.25, 0.3) is 0 Å². The van der Waals surface area contributed by atoms with E-state index >= 15 is 0 Å². The van der Waals surface area contributed by atoms with Crippen LogP contribution in [-0.4, -0.2) is 24.5 Å². The molecule has 24 heavy (non-hydrogen) atoms. The third-order valence-electron chi connectivity index (χ3n) is 4.00. The van der Waals surface area contributed by atoms with Crippen LogP contribution in [0.4, 0.5) is 0 Å². The number of nitrogens with zero attached hydrogens (tertiary/aromatic N) is 5. The standard InChI is InChI=1S/C18H17N5S/c1-12-20-14-6-4-3-5-13(14)15(21-12)7-8-17-22-16(11-23(17)2)18-19-9-10-24-18/h3-6,9-11H,7-8H2,1-2H3. The van der Waals surface area contributed by atoms with Crippen molar-refractivity contribution in [2.24, 2.45) is 7.05 Å². The maximum absolute atomic E-state index is 4.74. The molecule has 0 N–H and O–H groups in total. The van der Waals surface area contributed by atoms with Crippen LogP contribution in [0.3, 0.4) is 0 Å². The summed E-state index contributed by atoms with van der Waals surface area (Å²) in [4.78, 5) is 18.2. The molecule has 0 saturated carbocycles. The van der Waals surface area contributed by atoms with E-state index in [0.717, 1.165) is 51.8 Å². The second kappa shape index (κ2) is 6.13. The molecular weight excluding hydrogens is 318 g/mol. The third kappa shape index (κ3) is 2.80. The first kappa shape index (κ1) is 15.0. The van der Waals surface area contributed by atoms with Crippen molar-refractivity contribution in [2.45, 2.75) is 19.8 Å². The van der Waals surface area contributed by atoms with Gasteiger partial charge >= 0.3 is 0 Å². The van der Waals surface area contributed by atoms with Crippen LogP contribution in [0.2, 0.25) is 0 Å². The molecule has 0 atom stereocenters. The van der Waals surface area contributed by atoms with Gasteiger partial charge in [-0.1, -0.05) is 18.2 Å². The van der Waals surface area contributed by atoms with Crippen molar-refractivity contribution in [2.75, 3.05) is 0 Å². The fraction of sp³-hybridized carbons (Fsp3) is 0.222. The minimum atomic E-state index is 0.812. The van der Waals surface area contributed by atoms with Crippen LogP contribution in [0.25, 0.3) is 21.6 Å². The lowest BCUT2D eigenvalue weighted by Gasteiger charge is -2.07. The van der Waals surface area contributed by atoms with Gasteiger partial charge in [-0.15, -0.1) is 11.3 Å². The molecule has 0 amide bonds. The molecule has 1 aromatic carbocycles. The quantitative estimate of drug-likeness (QED) is 0.572. The normalized spacial score (nSPS) is 11.2. The monoisotopic (exact) mass is 335 g/mol. The minimum absolute atomic E-state index is 0.812. The number of fused-ring (bicyclic) bond motifs is 1. The van der Waals surface area contributed by atoms with Gasteiger partial charge in [0.15, 0.2) is 0 Å². The largest absolute Gasteiger partial charge is 0.337 e. The predicted molar refractivity (Wildman–Crippen MR) is 96.0 cm³/mol. The maximum Gasteiger partial charge on any atom is 0.143 e. The Bertz CT molecular complexity index is 988. The summed E-state index contributed by atoms with van der Waals surface area (Å²) in [6.45, 7) is 1.94. The first-order chi connectivity index (χ1) is 11.7. The van der Waals surface area contributed by atoms with Crippen molar-refractivity contribution in [1.82, 2.24) is 24.5 Å². The highest BCUT2D eigenvalue weighted by atomic mass is 32.1. The van der Waals surface area contributed by atoms with E-state index in [1.807, 2.05) is 49.9 Å². The number of hydrogen-bond acceptors (Lipinski definition) is 5. The molecule has 120 valence electrons. The molecule has 0 bridgehead atoms. The zero-order valence-corrected chi connectivity index (χ0v) is 14.4. The highest BCUT2D eigenvalue weighted by molar-refractivity contribution is 7.13. The fourth-order valence-electron chi connectivity index (χ4n) is 2.88. The van der Waals surface area contributed by atoms with Crippen molar-refractivity contribution in [3.63, 3.8) is 0 Å². The Morgan fingerprint density at radius 3 is 2.79 bits per heavy atom. The van der Waals surface area contributed by atoms with Gasteiger partial charge in [0, 0.05) is 36.6 Å². The first-order valence-electron chi connectivity index (χ1n) is 7.85. The van der Waals surface area contributed by atoms with Gasteiger partial charge in [0.05, 0.1) is 11.2 Å². The highest BCUT2D eigenvalue weighted by Crippen LogP contribution is 2.22. The maximum atomic E-state index is 4.74. The van der Waals surface area contributed by atoms with Crippen LogP contribution >= 0.6 is 11.3 Å². The molecule has 0 aliphatic rings. The molecule has 0 radical (unpaired) electrons. The predicted octanol–water partition coefficient (Wildman–Crippen LogP) is 3.58. The Kier molecular flexibility index (Phi) is 3.82. The highest BCUT2D eigenvalue weighted by Gasteiger charge is 2.11. The number of benzene rings is 1. The molecule has 4 rings (SSSR count). The van der Waals surface area contributed by atoms with Crippen LogP contribution in [0, 0.1) is 6.92 Å². The molecule has 0 unspecified atom stereocenters. The van der Waals surface area contributed by atoms with E-state index in [-0.39, 0.29) is 0 Å². The molecule has 5 nitrogen and oxygen atoms in total. The minimum Gasteiger partial charge on any atom is -0.337 e. The van der Waals surface area contributed by atoms with Gasteiger partial charge in [-0.3, -0.25) is 0 Å². The van der Waals surface area contributed by atoms with Crippen LogP contribution < -0.4 is 0 Å². The van der Waals surface area contributed by atoms with Crippen molar-refractivity contribution in [3.8, 4) is 10.7 Å². The van der Waals surface area contributed by atoms with E-state index in [0.29, 0.717) is 0 Å². The molecule has 0 aliphatic carbocycles. The Morgan fingerprint density at radius 1 is 1.08 bits per heavy atom. The average molecular weight is 335 g/mol. The lowest BCUT2D eigenvalue weighted by Crippen LogP contribution is -2.03. The average Bonchev–Trinajstić information content (AvgIpc) is 3.22. The SMILES string of the molecule is Cc1nc(CCc2nc(-c3nccs3)cn2C)c2ccccc2n1. The lowest BCUT2D eigenvalue weighted by atomic mass is 10.1. The zero-order chi connectivity index (χ0) is 16.5. The van der Waals surface area contributed by atoms with Crippen LogP contribution in [0.1, 0.15) is 17.3 Å². The summed E-state index contributed by atoms with van der Waals surface area (Å²) >= 11 is 1.61. The van der Waals surface area contributed by atoms with Crippen molar-refractivity contribution in [3.05, 3.63) is 59.4 Å². The Balaban J connectivity index is 1.62. The van der Waals surface area contributed by atoms with E-state index < -0.39 is 0 Å². The van der Waals surface area contributed by atoms with Gasteiger partial charge in [0.1, 0.15) is 22.4 Å². The second-order valence-electron chi connectivity index (χ2n) is 5.73. The van der Waals surface area contributed by atoms with Crippen LogP contribution in [0.5, 0.6) is 0 Å². The summed E-state index contributed by atoms with van der Waals surface area (Å²) in [6.07, 6.45) is 5.52. The lowest BCUT2D eigenvalue weighted by molar-refractivity contribution is 0.761. The van der Waals surface area contributed by atoms with Crippen LogP contribution in [-0.2, 0) is 19.9 Å². The zero-order valence-electron chi connectivity index (χ0n) is 13.6. The molecule has 6 heteroatoms. The summed E-state index contributed by atoms with van der Waals surface area (Å²) in [6, 6.07) is 8.17. The molecule has 0 saturated heterocycles. The molecule has 0 aliphatic heterocycles. The second-order valence-corrected chi connectivity index (χ2v) is 6.62. The van der Waals surface area contributed by atoms with Crippen molar-refractivity contribution in [1.29, 1.82) is 0 Å². The third-order valence-corrected chi connectivity index (χ3v) is 4.80. The Morgan fingerprint density at radius 2 is 1.96 bits per heavy atom. The van der Waals surface area contributed by atoms with E-state index in [2.05, 4.69) is 25.6 Å². The molecule has 3 heterocycles. The molecule has 0 fully saturated rings. The molecule has 3 aromatic heterocycles. The molecule has 4 aromatic rings. The van der Waals surface area contributed by atoms with Crippen molar-refractivity contribution >= 4 is 22.2 Å². The van der Waals surface area contributed by atoms with Gasteiger partial charge in [-0.25, -0.2) is 19.9 Å². The van der Waals surface area contributed by atoms with E-state index in [9.17, 15) is 0 Å². The van der Waals surface area contributed by atoms with E-state index in [1.165, 1.54) is 0 Å².